The van der Waals surface area contributed by atoms with Crippen LogP contribution in [-0.2, 0) is 11.2 Å². The van der Waals surface area contributed by atoms with E-state index < -0.39 is 5.97 Å². The molecule has 93 valence electrons. The normalized spacial score (nSPS) is 12.5. The lowest BCUT2D eigenvalue weighted by Crippen LogP contribution is -2.05. The molecule has 2 aromatic carbocycles. The third-order valence-electron chi connectivity index (χ3n) is 3.14. The average Bonchev–Trinajstić information content (AvgIpc) is 2.37. The first-order valence-corrected chi connectivity index (χ1v) is 6.19. The Morgan fingerprint density at radius 2 is 1.94 bits per heavy atom. The number of benzene rings is 2. The highest BCUT2D eigenvalue weighted by atomic mass is 16.4. The van der Waals surface area contributed by atoms with Gasteiger partial charge in [-0.1, -0.05) is 49.4 Å². The molecule has 0 aromatic heterocycles. The molecule has 0 fully saturated rings. The van der Waals surface area contributed by atoms with E-state index in [4.69, 9.17) is 5.11 Å². The minimum atomic E-state index is -0.834. The summed E-state index contributed by atoms with van der Waals surface area (Å²) in [4.78, 5) is 10.5. The van der Waals surface area contributed by atoms with Gasteiger partial charge in [0, 0.05) is 0 Å². The lowest BCUT2D eigenvalue weighted by molar-refractivity contribution is -0.133. The van der Waals surface area contributed by atoms with E-state index in [1.807, 2.05) is 12.1 Å². The summed E-state index contributed by atoms with van der Waals surface area (Å²) in [5.74, 6) is -0.494. The highest BCUT2D eigenvalue weighted by Crippen LogP contribution is 2.22. The minimum Gasteiger partial charge on any atom is -0.481 e. The van der Waals surface area contributed by atoms with Crippen LogP contribution in [0.5, 0.6) is 0 Å². The number of carbonyl (C=O) groups is 1. The molecule has 0 heterocycles. The quantitative estimate of drug-likeness (QED) is 0.866. The van der Waals surface area contributed by atoms with Crippen molar-refractivity contribution in [2.45, 2.75) is 19.8 Å². The molecule has 2 aromatic rings. The van der Waals surface area contributed by atoms with Crippen LogP contribution in [0, 0.1) is 12.3 Å². The van der Waals surface area contributed by atoms with Gasteiger partial charge in [-0.2, -0.15) is 0 Å². The van der Waals surface area contributed by atoms with Gasteiger partial charge in [0.2, 0.25) is 0 Å². The van der Waals surface area contributed by atoms with Gasteiger partial charge < -0.3 is 5.11 Å². The zero-order valence-electron chi connectivity index (χ0n) is 10.5. The molecule has 0 aliphatic carbocycles. The molecule has 1 N–H and O–H groups in total. The fourth-order valence-electron chi connectivity index (χ4n) is 2.23. The largest absolute Gasteiger partial charge is 0.481 e. The van der Waals surface area contributed by atoms with Crippen molar-refractivity contribution in [3.63, 3.8) is 0 Å². The maximum Gasteiger partial charge on any atom is 0.307 e. The van der Waals surface area contributed by atoms with E-state index in [1.54, 1.807) is 0 Å². The molecular weight excluding hydrogens is 224 g/mol. The zero-order valence-corrected chi connectivity index (χ0v) is 10.5. The monoisotopic (exact) mass is 241 g/mol. The van der Waals surface area contributed by atoms with Crippen molar-refractivity contribution in [1.82, 2.24) is 0 Å². The van der Waals surface area contributed by atoms with Gasteiger partial charge >= 0.3 is 5.97 Å². The van der Waals surface area contributed by atoms with Gasteiger partial charge in [0.15, 0.2) is 0 Å². The molecule has 0 bridgehead atoms. The third kappa shape index (κ3) is 3.10. The highest BCUT2D eigenvalue weighted by Gasteiger charge is 2.08. The molecular formula is C16H17O2. The van der Waals surface area contributed by atoms with Crippen LogP contribution in [0.3, 0.4) is 0 Å². The summed E-state index contributed by atoms with van der Waals surface area (Å²) >= 11 is 0. The van der Waals surface area contributed by atoms with Crippen molar-refractivity contribution in [3.8, 4) is 0 Å². The molecule has 0 amide bonds. The molecule has 1 radical (unpaired) electrons. The summed E-state index contributed by atoms with van der Waals surface area (Å²) in [6.07, 6.45) is 2.86. The van der Waals surface area contributed by atoms with E-state index in [2.05, 4.69) is 37.3 Å². The second kappa shape index (κ2) is 5.67. The number of hydrogen-bond acceptors (Lipinski definition) is 1. The van der Waals surface area contributed by atoms with E-state index in [0.717, 1.165) is 6.42 Å². The Bertz CT molecular complexity index is 540. The maximum absolute atomic E-state index is 10.5. The molecule has 2 nitrogen and oxygen atoms in total. The zero-order chi connectivity index (χ0) is 13.0. The minimum absolute atomic E-state index is 0.340. The van der Waals surface area contributed by atoms with Crippen molar-refractivity contribution >= 4 is 16.7 Å². The van der Waals surface area contributed by atoms with Gasteiger partial charge in [0.1, 0.15) is 0 Å². The average molecular weight is 241 g/mol. The Labute approximate surface area is 107 Å². The number of fused-ring (bicyclic) bond motifs is 1. The number of hydrogen-bond donors (Lipinski definition) is 1. The Kier molecular flexibility index (Phi) is 3.98. The van der Waals surface area contributed by atoms with E-state index in [0.29, 0.717) is 12.3 Å². The van der Waals surface area contributed by atoms with Gasteiger partial charge in [0.05, 0.1) is 6.42 Å². The fourth-order valence-corrected chi connectivity index (χ4v) is 2.23. The van der Waals surface area contributed by atoms with Crippen LogP contribution in [0.15, 0.2) is 42.5 Å². The van der Waals surface area contributed by atoms with Crippen molar-refractivity contribution < 1.29 is 9.90 Å². The van der Waals surface area contributed by atoms with E-state index >= 15 is 0 Å². The standard InChI is InChI=1S/C16H17O2/c1-12(9-10-16(17)18)11-14-7-4-6-13-5-2-3-8-15(13)14/h2-8,10,12H,9,11H2,1H3,(H,17,18). The molecule has 0 aliphatic rings. The van der Waals surface area contributed by atoms with Crippen LogP contribution < -0.4 is 0 Å². The summed E-state index contributed by atoms with van der Waals surface area (Å²) in [6, 6.07) is 14.6. The van der Waals surface area contributed by atoms with E-state index in [9.17, 15) is 4.79 Å². The first-order chi connectivity index (χ1) is 8.66. The number of rotatable bonds is 5. The maximum atomic E-state index is 10.5. The lowest BCUT2D eigenvalue weighted by Gasteiger charge is -2.12. The van der Waals surface area contributed by atoms with Crippen molar-refractivity contribution in [3.05, 3.63) is 54.4 Å². The number of carboxylic acids is 1. The lowest BCUT2D eigenvalue weighted by atomic mass is 9.93. The van der Waals surface area contributed by atoms with Gasteiger partial charge in [-0.15, -0.1) is 0 Å². The van der Waals surface area contributed by atoms with Crippen molar-refractivity contribution in [2.75, 3.05) is 0 Å². The second-order valence-corrected chi connectivity index (χ2v) is 4.73. The summed E-state index contributed by atoms with van der Waals surface area (Å²) < 4.78 is 0. The molecule has 18 heavy (non-hydrogen) atoms. The molecule has 1 atom stereocenters. The second-order valence-electron chi connectivity index (χ2n) is 4.73. The Morgan fingerprint density at radius 1 is 1.22 bits per heavy atom. The van der Waals surface area contributed by atoms with Crippen LogP contribution in [0.2, 0.25) is 0 Å². The Hall–Kier alpha value is -1.83. The summed E-state index contributed by atoms with van der Waals surface area (Å²) in [5.41, 5.74) is 1.29. The molecule has 2 rings (SSSR count). The molecule has 1 unspecified atom stereocenters. The van der Waals surface area contributed by atoms with Gasteiger partial charge in [-0.3, -0.25) is 4.79 Å². The van der Waals surface area contributed by atoms with Crippen molar-refractivity contribution in [1.29, 1.82) is 0 Å². The third-order valence-corrected chi connectivity index (χ3v) is 3.14. The predicted molar refractivity (Wildman–Crippen MR) is 73.4 cm³/mol. The number of carboxylic acid groups (broad SMARTS) is 1. The summed E-state index contributed by atoms with van der Waals surface area (Å²) in [7, 11) is 0. The molecule has 0 spiro atoms. The topological polar surface area (TPSA) is 37.3 Å². The van der Waals surface area contributed by atoms with Crippen LogP contribution in [0.4, 0.5) is 0 Å². The number of aliphatic carboxylic acids is 1. The van der Waals surface area contributed by atoms with Gasteiger partial charge in [-0.05, 0) is 35.1 Å². The molecule has 2 heteroatoms. The van der Waals surface area contributed by atoms with Crippen LogP contribution in [0.1, 0.15) is 18.9 Å². The van der Waals surface area contributed by atoms with E-state index in [-0.39, 0.29) is 0 Å². The smallest absolute Gasteiger partial charge is 0.307 e. The van der Waals surface area contributed by atoms with E-state index in [1.165, 1.54) is 22.8 Å². The van der Waals surface area contributed by atoms with Crippen LogP contribution in [-0.4, -0.2) is 11.1 Å². The SMILES string of the molecule is CC(C[CH]C(=O)O)Cc1cccc2ccccc12. The first-order valence-electron chi connectivity index (χ1n) is 6.19. The van der Waals surface area contributed by atoms with Gasteiger partial charge in [0.25, 0.3) is 0 Å². The fraction of sp³-hybridized carbons (Fsp3) is 0.250. The van der Waals surface area contributed by atoms with Crippen LogP contribution in [0.25, 0.3) is 10.8 Å². The van der Waals surface area contributed by atoms with Crippen LogP contribution >= 0.6 is 0 Å². The van der Waals surface area contributed by atoms with Crippen molar-refractivity contribution in [2.24, 2.45) is 5.92 Å². The highest BCUT2D eigenvalue weighted by molar-refractivity contribution is 5.85. The first kappa shape index (κ1) is 12.6. The molecule has 0 saturated carbocycles. The Morgan fingerprint density at radius 3 is 2.72 bits per heavy atom. The van der Waals surface area contributed by atoms with Gasteiger partial charge in [-0.25, -0.2) is 0 Å². The molecule has 0 aliphatic heterocycles. The Balaban J connectivity index is 2.14. The predicted octanol–water partition coefficient (Wildman–Crippen LogP) is 3.70. The summed E-state index contributed by atoms with van der Waals surface area (Å²) in [6.45, 7) is 2.08. The molecule has 0 saturated heterocycles. The summed E-state index contributed by atoms with van der Waals surface area (Å²) in [5, 5.41) is 11.2.